The fraction of sp³-hybridized carbons (Fsp3) is 0.143. The Labute approximate surface area is 172 Å². The van der Waals surface area contributed by atoms with Gasteiger partial charge in [0, 0.05) is 11.4 Å². The maximum absolute atomic E-state index is 12.7. The summed E-state index contributed by atoms with van der Waals surface area (Å²) in [6, 6.07) is 16.9. The van der Waals surface area contributed by atoms with E-state index in [0.717, 1.165) is 11.8 Å². The Balaban J connectivity index is 1.84. The first-order chi connectivity index (χ1) is 14.0. The first kappa shape index (κ1) is 20.2. The van der Waals surface area contributed by atoms with Crippen LogP contribution in [0.25, 0.3) is 0 Å². The summed E-state index contributed by atoms with van der Waals surface area (Å²) in [4.78, 5) is 38.1. The third kappa shape index (κ3) is 4.47. The molecule has 3 rings (SSSR count). The van der Waals surface area contributed by atoms with Crippen molar-refractivity contribution in [2.45, 2.75) is 6.92 Å². The van der Waals surface area contributed by atoms with Crippen molar-refractivity contribution in [2.75, 3.05) is 22.6 Å². The van der Waals surface area contributed by atoms with Gasteiger partial charge in [-0.25, -0.2) is 4.79 Å². The average Bonchev–Trinajstić information content (AvgIpc) is 3.11. The fourth-order valence-corrected chi connectivity index (χ4v) is 3.70. The van der Waals surface area contributed by atoms with Crippen LogP contribution < -0.4 is 10.2 Å². The quantitative estimate of drug-likeness (QED) is 0.464. The van der Waals surface area contributed by atoms with Gasteiger partial charge in [-0.1, -0.05) is 30.0 Å². The number of nitrogens with zero attached hydrogens (tertiary/aromatic N) is 2. The SMILES string of the molecule is CCOC(=O)c1ccc(NC(=O)/C(C#N)=C2\SCC(=O)N2c2ccccc2)cc1. The number of para-hydroxylation sites is 1. The van der Waals surface area contributed by atoms with Crippen molar-refractivity contribution in [1.29, 1.82) is 5.26 Å². The molecular weight excluding hydrogens is 390 g/mol. The number of carbonyl (C=O) groups is 3. The van der Waals surface area contributed by atoms with Crippen LogP contribution in [0.4, 0.5) is 11.4 Å². The minimum Gasteiger partial charge on any atom is -0.462 e. The van der Waals surface area contributed by atoms with Gasteiger partial charge < -0.3 is 10.1 Å². The van der Waals surface area contributed by atoms with E-state index in [1.165, 1.54) is 17.0 Å². The molecule has 1 aliphatic heterocycles. The second kappa shape index (κ2) is 9.08. The monoisotopic (exact) mass is 407 g/mol. The molecular formula is C21H17N3O4S. The Kier molecular flexibility index (Phi) is 6.32. The van der Waals surface area contributed by atoms with E-state index in [9.17, 15) is 19.6 Å². The number of esters is 1. The number of nitriles is 1. The van der Waals surface area contributed by atoms with E-state index in [-0.39, 0.29) is 23.8 Å². The van der Waals surface area contributed by atoms with Gasteiger partial charge in [0.15, 0.2) is 0 Å². The number of anilines is 2. The summed E-state index contributed by atoms with van der Waals surface area (Å²) in [5.74, 6) is -1.13. The van der Waals surface area contributed by atoms with Gasteiger partial charge in [-0.2, -0.15) is 5.26 Å². The highest BCUT2D eigenvalue weighted by atomic mass is 32.2. The number of ether oxygens (including phenoxy) is 1. The first-order valence-corrected chi connectivity index (χ1v) is 9.77. The molecule has 29 heavy (non-hydrogen) atoms. The van der Waals surface area contributed by atoms with Crippen molar-refractivity contribution < 1.29 is 19.1 Å². The molecule has 0 atom stereocenters. The molecule has 0 bridgehead atoms. The van der Waals surface area contributed by atoms with Crippen molar-refractivity contribution in [3.63, 3.8) is 0 Å². The number of nitrogens with one attached hydrogen (secondary N) is 1. The number of thioether (sulfide) groups is 1. The summed E-state index contributed by atoms with van der Waals surface area (Å²) >= 11 is 1.15. The lowest BCUT2D eigenvalue weighted by Gasteiger charge is -2.18. The number of rotatable bonds is 5. The van der Waals surface area contributed by atoms with E-state index in [1.807, 2.05) is 12.1 Å². The van der Waals surface area contributed by atoms with Crippen LogP contribution in [0.3, 0.4) is 0 Å². The minimum absolute atomic E-state index is 0.150. The summed E-state index contributed by atoms with van der Waals surface area (Å²) in [5.41, 5.74) is 1.21. The van der Waals surface area contributed by atoms with Gasteiger partial charge in [0.05, 0.1) is 17.9 Å². The topological polar surface area (TPSA) is 99.5 Å². The van der Waals surface area contributed by atoms with E-state index in [2.05, 4.69) is 5.32 Å². The van der Waals surface area contributed by atoms with Crippen LogP contribution in [0.15, 0.2) is 65.2 Å². The molecule has 1 fully saturated rings. The van der Waals surface area contributed by atoms with E-state index in [4.69, 9.17) is 4.74 Å². The van der Waals surface area contributed by atoms with Gasteiger partial charge in [-0.05, 0) is 43.3 Å². The Morgan fingerprint density at radius 3 is 2.48 bits per heavy atom. The van der Waals surface area contributed by atoms with Crippen LogP contribution in [0.5, 0.6) is 0 Å². The molecule has 7 nitrogen and oxygen atoms in total. The lowest BCUT2D eigenvalue weighted by atomic mass is 10.2. The molecule has 8 heteroatoms. The fourth-order valence-electron chi connectivity index (χ4n) is 2.69. The molecule has 0 aromatic heterocycles. The van der Waals surface area contributed by atoms with Crippen LogP contribution in [-0.2, 0) is 14.3 Å². The van der Waals surface area contributed by atoms with Crippen LogP contribution in [0.2, 0.25) is 0 Å². The number of benzene rings is 2. The molecule has 1 saturated heterocycles. The average molecular weight is 407 g/mol. The molecule has 1 N–H and O–H groups in total. The van der Waals surface area contributed by atoms with Gasteiger partial charge in [0.25, 0.3) is 5.91 Å². The summed E-state index contributed by atoms with van der Waals surface area (Å²) in [6.07, 6.45) is 0. The van der Waals surface area contributed by atoms with Crippen molar-refractivity contribution in [2.24, 2.45) is 0 Å². The lowest BCUT2D eigenvalue weighted by Crippen LogP contribution is -2.26. The standard InChI is InChI=1S/C21H17N3O4S/c1-2-28-21(27)14-8-10-15(11-9-14)23-19(26)17(12-22)20-24(18(25)13-29-20)16-6-4-3-5-7-16/h3-11H,2,13H2,1H3,(H,23,26)/b20-17-. The Morgan fingerprint density at radius 1 is 1.17 bits per heavy atom. The number of hydrogen-bond acceptors (Lipinski definition) is 6. The molecule has 2 aromatic carbocycles. The Hall–Kier alpha value is -3.57. The van der Waals surface area contributed by atoms with Gasteiger partial charge in [-0.3, -0.25) is 14.5 Å². The van der Waals surface area contributed by atoms with Gasteiger partial charge in [-0.15, -0.1) is 0 Å². The Bertz CT molecular complexity index is 1010. The maximum Gasteiger partial charge on any atom is 0.338 e. The Morgan fingerprint density at radius 2 is 1.86 bits per heavy atom. The highest BCUT2D eigenvalue weighted by Crippen LogP contribution is 2.36. The molecule has 0 radical (unpaired) electrons. The van der Waals surface area contributed by atoms with Gasteiger partial charge in [0.2, 0.25) is 5.91 Å². The highest BCUT2D eigenvalue weighted by Gasteiger charge is 2.33. The third-order valence-corrected chi connectivity index (χ3v) is 5.06. The van der Waals surface area contributed by atoms with E-state index in [0.29, 0.717) is 22.0 Å². The zero-order chi connectivity index (χ0) is 20.8. The normalized spacial score (nSPS) is 14.9. The van der Waals surface area contributed by atoms with Crippen molar-refractivity contribution >= 4 is 40.9 Å². The zero-order valence-corrected chi connectivity index (χ0v) is 16.4. The van der Waals surface area contributed by atoms with Crippen LogP contribution >= 0.6 is 11.8 Å². The summed E-state index contributed by atoms with van der Waals surface area (Å²) < 4.78 is 4.92. The largest absolute Gasteiger partial charge is 0.462 e. The third-order valence-electron chi connectivity index (χ3n) is 4.01. The second-order valence-corrected chi connectivity index (χ2v) is 6.86. The van der Waals surface area contributed by atoms with E-state index < -0.39 is 11.9 Å². The van der Waals surface area contributed by atoms with Crippen molar-refractivity contribution in [3.05, 3.63) is 70.8 Å². The molecule has 2 amide bonds. The second-order valence-electron chi connectivity index (χ2n) is 5.90. The molecule has 2 aromatic rings. The lowest BCUT2D eigenvalue weighted by molar-refractivity contribution is -0.115. The van der Waals surface area contributed by atoms with Gasteiger partial charge in [0.1, 0.15) is 16.7 Å². The predicted molar refractivity (Wildman–Crippen MR) is 110 cm³/mol. The van der Waals surface area contributed by atoms with E-state index in [1.54, 1.807) is 43.3 Å². The van der Waals surface area contributed by atoms with Crippen LogP contribution in [0.1, 0.15) is 17.3 Å². The van der Waals surface area contributed by atoms with Crippen molar-refractivity contribution in [3.8, 4) is 6.07 Å². The molecule has 1 heterocycles. The smallest absolute Gasteiger partial charge is 0.338 e. The van der Waals surface area contributed by atoms with Crippen molar-refractivity contribution in [1.82, 2.24) is 0 Å². The summed E-state index contributed by atoms with van der Waals surface area (Å²) in [7, 11) is 0. The molecule has 0 aliphatic carbocycles. The first-order valence-electron chi connectivity index (χ1n) is 8.79. The van der Waals surface area contributed by atoms with Gasteiger partial charge >= 0.3 is 5.97 Å². The molecule has 1 aliphatic rings. The molecule has 0 saturated carbocycles. The maximum atomic E-state index is 12.7. The minimum atomic E-state index is -0.630. The van der Waals surface area contributed by atoms with E-state index >= 15 is 0 Å². The molecule has 0 spiro atoms. The number of hydrogen-bond donors (Lipinski definition) is 1. The predicted octanol–water partition coefficient (Wildman–Crippen LogP) is 3.32. The number of amides is 2. The molecule has 0 unspecified atom stereocenters. The summed E-state index contributed by atoms with van der Waals surface area (Å²) in [6.45, 7) is 1.98. The van der Waals surface area contributed by atoms with Crippen LogP contribution in [-0.4, -0.2) is 30.1 Å². The zero-order valence-electron chi connectivity index (χ0n) is 15.5. The summed E-state index contributed by atoms with van der Waals surface area (Å²) in [5, 5.41) is 12.5. The van der Waals surface area contributed by atoms with Crippen LogP contribution in [0, 0.1) is 11.3 Å². The number of carbonyl (C=O) groups excluding carboxylic acids is 3. The molecule has 146 valence electrons. The highest BCUT2D eigenvalue weighted by molar-refractivity contribution is 8.04.